The third-order valence-electron chi connectivity index (χ3n) is 14.8. The van der Waals surface area contributed by atoms with Crippen molar-refractivity contribution in [3.8, 4) is 11.4 Å². The lowest BCUT2D eigenvalue weighted by Crippen LogP contribution is -2.51. The van der Waals surface area contributed by atoms with Gasteiger partial charge in [-0.25, -0.2) is 14.2 Å². The molecule has 2 aliphatic heterocycles. The van der Waals surface area contributed by atoms with Gasteiger partial charge in [-0.05, 0) is 85.0 Å². The number of aromatic nitrogens is 3. The highest BCUT2D eigenvalue weighted by atomic mass is 16.2. The molecule has 8 rings (SSSR count). The van der Waals surface area contributed by atoms with Crippen LogP contribution in [0.5, 0.6) is 0 Å². The number of carbonyl (C=O) groups excluding carboxylic acids is 7. The smallest absolute Gasteiger partial charge is 0.352 e. The predicted octanol–water partition coefficient (Wildman–Crippen LogP) is 4.78. The molecule has 3 atom stereocenters. The molecular weight excluding hydrogens is 981 g/mol. The van der Waals surface area contributed by atoms with Crippen molar-refractivity contribution in [1.29, 1.82) is 0 Å². The number of Topliss-reactive ketones (excluding diaryl/α,β-unsaturated/α-hetero) is 1. The number of hydrogen-bond acceptors (Lipinski definition) is 10. The van der Waals surface area contributed by atoms with Gasteiger partial charge in [0.15, 0.2) is 0 Å². The zero-order valence-corrected chi connectivity index (χ0v) is 43.4. The van der Waals surface area contributed by atoms with Gasteiger partial charge in [0.25, 0.3) is 5.91 Å². The third-order valence-corrected chi connectivity index (χ3v) is 14.8. The maximum Gasteiger partial charge on any atom is 0.352 e. The highest BCUT2D eigenvalue weighted by Gasteiger charge is 2.41. The van der Waals surface area contributed by atoms with Crippen molar-refractivity contribution in [2.75, 3.05) is 51.1 Å². The second-order valence-electron chi connectivity index (χ2n) is 20.1. The normalized spacial score (nSPS) is 17.0. The summed E-state index contributed by atoms with van der Waals surface area (Å²) in [7, 11) is 0. The summed E-state index contributed by atoms with van der Waals surface area (Å²) in [6, 6.07) is 31.5. The van der Waals surface area contributed by atoms with Crippen LogP contribution >= 0.6 is 0 Å². The lowest BCUT2D eigenvalue weighted by atomic mass is 9.78. The second-order valence-corrected chi connectivity index (χ2v) is 20.1. The zero-order valence-electron chi connectivity index (χ0n) is 45.4. The Balaban J connectivity index is 0.896. The van der Waals surface area contributed by atoms with Gasteiger partial charge in [-0.15, -0.1) is 0 Å². The molecule has 6 amide bonds. The molecule has 0 spiro atoms. The van der Waals surface area contributed by atoms with Crippen molar-refractivity contribution in [3.05, 3.63) is 147 Å². The molecule has 2 unspecified atom stereocenters. The molecular formula is C58H70N10O9. The fourth-order valence-electron chi connectivity index (χ4n) is 10.9. The van der Waals surface area contributed by atoms with Crippen LogP contribution in [0.1, 0.15) is 121 Å². The molecule has 5 aromatic rings. The molecule has 19 heteroatoms. The first kappa shape index (κ1) is 52.5. The summed E-state index contributed by atoms with van der Waals surface area (Å²) in [6.07, 6.45) is 2.75. The minimum Gasteiger partial charge on any atom is -0.354 e. The van der Waals surface area contributed by atoms with E-state index in [1.807, 2.05) is 53.4 Å². The van der Waals surface area contributed by atoms with Crippen molar-refractivity contribution in [2.24, 2.45) is 5.41 Å². The number of carbonyl (C=O) groups is 7. The average molecular weight is 1060 g/mol. The van der Waals surface area contributed by atoms with Gasteiger partial charge in [0.2, 0.25) is 29.5 Å². The minimum atomic E-state index is -1.20. The Kier molecular flexibility index (Phi) is 17.9. The number of rotatable bonds is 24. The lowest BCUT2D eigenvalue weighted by Gasteiger charge is -2.41. The monoisotopic (exact) mass is 1050 g/mol. The molecule has 1 saturated carbocycles. The van der Waals surface area contributed by atoms with Gasteiger partial charge in [0.1, 0.15) is 11.8 Å². The van der Waals surface area contributed by atoms with E-state index in [4.69, 9.17) is 2.74 Å². The van der Waals surface area contributed by atoms with E-state index in [0.29, 0.717) is 56.0 Å². The van der Waals surface area contributed by atoms with Gasteiger partial charge >= 0.3 is 11.4 Å². The van der Waals surface area contributed by atoms with Crippen LogP contribution in [0.25, 0.3) is 11.4 Å². The summed E-state index contributed by atoms with van der Waals surface area (Å²) in [5, 5.41) is 14.0. The standard InChI is InChI=1S/C58H70N10O9/c1-2-49(70)59-31-32-60-50(71)28-16-22-43(69)21-15-27-48(55(75)61-33-34-66-56(76)67(41-17-5-3-6-18-41)68(57(66)77)42-19-7-4-8-20-42)62-51(72)39-58(29-13-14-30-58)40-52(73)64-35-37-65(38-36-64)53-44-23-9-10-24-45(44)54(74)63-47-26-12-11-25-46(47)53/h3-12,17-20,23-26,48,53H,2,13-16,21-22,27-40H2,1H3,(H,59,70)(H,60,71)(H,61,75)(H,62,72)(H,63,74)/t48-,53?/m0/s1/i1T,2T/t2?,48-,53?. The summed E-state index contributed by atoms with van der Waals surface area (Å²) in [5.74, 6) is -2.24. The number of nitrogens with one attached hydrogen (secondary N) is 5. The van der Waals surface area contributed by atoms with Crippen LogP contribution < -0.4 is 38.0 Å². The molecule has 2 fully saturated rings. The van der Waals surface area contributed by atoms with Crippen LogP contribution in [0.4, 0.5) is 5.69 Å². The Morgan fingerprint density at radius 3 is 1.92 bits per heavy atom. The minimum absolute atomic E-state index is 0.00384. The summed E-state index contributed by atoms with van der Waals surface area (Å²) in [5.41, 5.74) is 2.30. The number of piperazine rings is 1. The number of para-hydroxylation sites is 3. The molecule has 1 aliphatic carbocycles. The number of benzene rings is 4. The Morgan fingerprint density at radius 2 is 1.26 bits per heavy atom. The number of ketones is 1. The van der Waals surface area contributed by atoms with Gasteiger partial charge in [-0.1, -0.05) is 92.5 Å². The fraction of sp³-hybridized carbons (Fsp3) is 0.431. The molecule has 0 radical (unpaired) electrons. The first-order valence-corrected chi connectivity index (χ1v) is 26.7. The van der Waals surface area contributed by atoms with Crippen LogP contribution in [-0.2, 0) is 35.3 Å². The van der Waals surface area contributed by atoms with Gasteiger partial charge < -0.3 is 31.5 Å². The lowest BCUT2D eigenvalue weighted by molar-refractivity contribution is -0.137. The maximum atomic E-state index is 14.3. The first-order chi connectivity index (χ1) is 38.3. The van der Waals surface area contributed by atoms with Gasteiger partial charge in [0.05, 0.1) is 17.4 Å². The number of anilines is 1. The SMILES string of the molecule is [3H]CC([3H])C(=O)NCCNC(=O)CCCC(=O)CCC[C@H](NC(=O)CC1(CC(=O)N2CCN(C3c4ccccc4NC(=O)c4ccccc43)CC2)CCCC1)C(=O)NCCn1c(=O)n(-c2ccccc2)n(-c2ccccc2)c1=O. The van der Waals surface area contributed by atoms with Crippen LogP contribution in [-0.4, -0.2) is 117 Å². The largest absolute Gasteiger partial charge is 0.354 e. The number of amides is 6. The number of hydrogen-bond donors (Lipinski definition) is 5. The Labute approximate surface area is 450 Å². The van der Waals surface area contributed by atoms with Gasteiger partial charge in [-0.2, -0.15) is 9.36 Å². The number of fused-ring (bicyclic) bond motifs is 2. The molecule has 406 valence electrons. The zero-order chi connectivity index (χ0) is 55.9. The van der Waals surface area contributed by atoms with Crippen LogP contribution in [0.15, 0.2) is 119 Å². The molecule has 0 bridgehead atoms. The average Bonchev–Trinajstić information content (AvgIpc) is 4.16. The van der Waals surface area contributed by atoms with Gasteiger partial charge in [0, 0.05) is 105 Å². The molecule has 1 aromatic heterocycles. The molecule has 3 heterocycles. The van der Waals surface area contributed by atoms with E-state index in [0.717, 1.165) is 34.2 Å². The Morgan fingerprint density at radius 1 is 0.662 bits per heavy atom. The topological polar surface area (TPSA) is 235 Å². The van der Waals surface area contributed by atoms with Crippen molar-refractivity contribution in [2.45, 2.75) is 109 Å². The summed E-state index contributed by atoms with van der Waals surface area (Å²) < 4.78 is 18.2. The van der Waals surface area contributed by atoms with E-state index < -0.39 is 47.0 Å². The van der Waals surface area contributed by atoms with Crippen molar-refractivity contribution in [3.63, 3.8) is 0 Å². The Bertz CT molecular complexity index is 3020. The van der Waals surface area contributed by atoms with Crippen LogP contribution in [0.2, 0.25) is 0 Å². The van der Waals surface area contributed by atoms with E-state index >= 15 is 0 Å². The summed E-state index contributed by atoms with van der Waals surface area (Å²) >= 11 is 0. The maximum absolute atomic E-state index is 14.3. The second kappa shape index (κ2) is 26.2. The molecule has 4 aromatic carbocycles. The van der Waals surface area contributed by atoms with Gasteiger partial charge in [-0.3, -0.25) is 38.5 Å². The van der Waals surface area contributed by atoms with E-state index in [9.17, 15) is 43.2 Å². The molecule has 3 aliphatic rings. The van der Waals surface area contributed by atoms with Crippen molar-refractivity contribution in [1.82, 2.24) is 45.0 Å². The van der Waals surface area contributed by atoms with Crippen LogP contribution in [0.3, 0.4) is 0 Å². The quantitative estimate of drug-likeness (QED) is 0.0531. The highest BCUT2D eigenvalue weighted by molar-refractivity contribution is 6.07. The summed E-state index contributed by atoms with van der Waals surface area (Å²) in [6.45, 7) is 1.60. The first-order valence-electron chi connectivity index (χ1n) is 28.0. The molecule has 1 saturated heterocycles. The van der Waals surface area contributed by atoms with E-state index in [2.05, 4.69) is 31.5 Å². The van der Waals surface area contributed by atoms with Crippen LogP contribution in [0, 0.1) is 5.41 Å². The van der Waals surface area contributed by atoms with Crippen molar-refractivity contribution < 1.29 is 36.3 Å². The Hall–Kier alpha value is -7.93. The number of nitrogens with zero attached hydrogens (tertiary/aromatic N) is 5. The fourth-order valence-corrected chi connectivity index (χ4v) is 10.9. The third kappa shape index (κ3) is 13.9. The molecule has 19 nitrogen and oxygen atoms in total. The van der Waals surface area contributed by atoms with Crippen molar-refractivity contribution >= 4 is 46.9 Å². The highest BCUT2D eigenvalue weighted by Crippen LogP contribution is 2.45. The van der Waals surface area contributed by atoms with E-state index in [1.54, 1.807) is 60.7 Å². The van der Waals surface area contributed by atoms with E-state index in [-0.39, 0.29) is 114 Å². The predicted molar refractivity (Wildman–Crippen MR) is 291 cm³/mol. The molecule has 5 N–H and O–H groups in total. The summed E-state index contributed by atoms with van der Waals surface area (Å²) in [4.78, 5) is 125. The molecule has 77 heavy (non-hydrogen) atoms. The van der Waals surface area contributed by atoms with E-state index in [1.165, 1.54) is 9.36 Å².